The van der Waals surface area contributed by atoms with Crippen LogP contribution in [0.3, 0.4) is 0 Å². The van der Waals surface area contributed by atoms with Crippen LogP contribution in [0.15, 0.2) is 0 Å². The van der Waals surface area contributed by atoms with Gasteiger partial charge in [0.25, 0.3) is 5.97 Å². The van der Waals surface area contributed by atoms with Gasteiger partial charge in [0, 0.05) is 13.3 Å². The maximum atomic E-state index is 10.1. The summed E-state index contributed by atoms with van der Waals surface area (Å²) in [6, 6.07) is 0. The lowest BCUT2D eigenvalue weighted by Crippen LogP contribution is -1.98. The normalized spacial score (nSPS) is 7.83. The van der Waals surface area contributed by atoms with E-state index in [2.05, 4.69) is 0 Å². The first-order valence-corrected chi connectivity index (χ1v) is 3.27. The van der Waals surface area contributed by atoms with Gasteiger partial charge in [-0.05, 0) is 6.92 Å². The molecule has 12 heavy (non-hydrogen) atoms. The molecule has 0 bridgehead atoms. The second kappa shape index (κ2) is 7.71. The zero-order valence-corrected chi connectivity index (χ0v) is 7.03. The molecule has 0 heterocycles. The van der Waals surface area contributed by atoms with Crippen LogP contribution in [0, 0.1) is 0 Å². The molecule has 5 nitrogen and oxygen atoms in total. The van der Waals surface area contributed by atoms with Crippen molar-refractivity contribution in [1.82, 2.24) is 0 Å². The number of carbonyl (C=O) groups excluding carboxylic acids is 1. The van der Waals surface area contributed by atoms with Gasteiger partial charge in [0.05, 0.1) is 6.42 Å². The smallest absolute Gasteiger partial charge is 0.303 e. The Morgan fingerprint density at radius 2 is 1.33 bits per heavy atom. The van der Waals surface area contributed by atoms with Gasteiger partial charge in [0.15, 0.2) is 0 Å². The van der Waals surface area contributed by atoms with Gasteiger partial charge in [-0.1, -0.05) is 0 Å². The topological polar surface area (TPSA) is 91.7 Å². The van der Waals surface area contributed by atoms with Gasteiger partial charge in [-0.2, -0.15) is 0 Å². The minimum Gasteiger partial charge on any atom is -0.481 e. The Labute approximate surface area is 70.0 Å². The lowest BCUT2D eigenvalue weighted by atomic mass is 10.2. The van der Waals surface area contributed by atoms with E-state index in [-0.39, 0.29) is 18.6 Å². The van der Waals surface area contributed by atoms with Crippen LogP contribution in [0.4, 0.5) is 0 Å². The van der Waals surface area contributed by atoms with Gasteiger partial charge in [-0.3, -0.25) is 9.59 Å². The van der Waals surface area contributed by atoms with Crippen molar-refractivity contribution in [3.63, 3.8) is 0 Å². The molecule has 70 valence electrons. The molecule has 0 spiro atoms. The number of carboxylic acid groups (broad SMARTS) is 2. The summed E-state index contributed by atoms with van der Waals surface area (Å²) in [5.41, 5.74) is 0. The number of carboxylic acids is 2. The van der Waals surface area contributed by atoms with Gasteiger partial charge in [-0.15, -0.1) is 0 Å². The number of carbonyl (C=O) groups is 3. The van der Waals surface area contributed by atoms with E-state index in [4.69, 9.17) is 15.0 Å². The summed E-state index contributed by atoms with van der Waals surface area (Å²) in [6.07, 6.45) is 0.102. The minimum atomic E-state index is -0.916. The van der Waals surface area contributed by atoms with Crippen molar-refractivity contribution in [2.24, 2.45) is 0 Å². The quantitative estimate of drug-likeness (QED) is 0.654. The van der Waals surface area contributed by atoms with E-state index in [1.165, 1.54) is 6.92 Å². The van der Waals surface area contributed by atoms with Crippen molar-refractivity contribution >= 4 is 17.7 Å². The molecule has 0 aromatic heterocycles. The van der Waals surface area contributed by atoms with Crippen LogP contribution in [0.1, 0.15) is 26.7 Å². The van der Waals surface area contributed by atoms with Crippen LogP contribution < -0.4 is 0 Å². The second-order valence-corrected chi connectivity index (χ2v) is 2.11. The summed E-state index contributed by atoms with van der Waals surface area (Å²) >= 11 is 0. The zero-order valence-electron chi connectivity index (χ0n) is 7.03. The monoisotopic (exact) mass is 176 g/mol. The van der Waals surface area contributed by atoms with Crippen molar-refractivity contribution in [2.45, 2.75) is 26.7 Å². The summed E-state index contributed by atoms with van der Waals surface area (Å²) in [5, 5.41) is 15.4. The molecule has 0 saturated heterocycles. The van der Waals surface area contributed by atoms with Crippen molar-refractivity contribution in [2.75, 3.05) is 0 Å². The SMILES string of the molecule is CC(=O)CCC(=O)O.CC(=O)O. The molecule has 0 aromatic rings. The Morgan fingerprint density at radius 3 is 1.42 bits per heavy atom. The van der Waals surface area contributed by atoms with Crippen LogP contribution in [0.25, 0.3) is 0 Å². The summed E-state index contributed by atoms with van der Waals surface area (Å²) in [7, 11) is 0. The van der Waals surface area contributed by atoms with Gasteiger partial charge in [-0.25, -0.2) is 0 Å². The Balaban J connectivity index is 0. The van der Waals surface area contributed by atoms with Crippen LogP contribution in [0.2, 0.25) is 0 Å². The third-order valence-corrected chi connectivity index (χ3v) is 0.691. The Kier molecular flexibility index (Phi) is 8.50. The first-order valence-electron chi connectivity index (χ1n) is 3.27. The van der Waals surface area contributed by atoms with Crippen LogP contribution in [-0.2, 0) is 14.4 Å². The fourth-order valence-electron chi connectivity index (χ4n) is 0.283. The van der Waals surface area contributed by atoms with E-state index in [1.54, 1.807) is 0 Å². The maximum absolute atomic E-state index is 10.1. The number of ketones is 1. The molecular weight excluding hydrogens is 164 g/mol. The molecule has 0 saturated carbocycles. The van der Waals surface area contributed by atoms with Gasteiger partial charge < -0.3 is 15.0 Å². The number of aliphatic carboxylic acids is 2. The summed E-state index contributed by atoms with van der Waals surface area (Å²) in [5.74, 6) is -1.83. The van der Waals surface area contributed by atoms with E-state index >= 15 is 0 Å². The van der Waals surface area contributed by atoms with Crippen LogP contribution >= 0.6 is 0 Å². The third kappa shape index (κ3) is 38.3. The van der Waals surface area contributed by atoms with Crippen molar-refractivity contribution < 1.29 is 24.6 Å². The average Bonchev–Trinajstić information content (AvgIpc) is 1.82. The predicted molar refractivity (Wildman–Crippen MR) is 40.9 cm³/mol. The summed E-state index contributed by atoms with van der Waals surface area (Å²) in [4.78, 5) is 28.8. The molecule has 0 atom stereocenters. The molecule has 5 heteroatoms. The van der Waals surface area contributed by atoms with Gasteiger partial charge in [0.1, 0.15) is 5.78 Å². The first-order chi connectivity index (χ1) is 5.36. The second-order valence-electron chi connectivity index (χ2n) is 2.11. The molecule has 0 rings (SSSR count). The van der Waals surface area contributed by atoms with Gasteiger partial charge in [0.2, 0.25) is 0 Å². The maximum Gasteiger partial charge on any atom is 0.303 e. The van der Waals surface area contributed by atoms with E-state index in [9.17, 15) is 9.59 Å². The summed E-state index contributed by atoms with van der Waals surface area (Å²) < 4.78 is 0. The fraction of sp³-hybridized carbons (Fsp3) is 0.571. The molecule has 0 aliphatic rings. The molecule has 0 aliphatic heterocycles. The predicted octanol–water partition coefficient (Wildman–Crippen LogP) is 0.531. The van der Waals surface area contributed by atoms with Crippen molar-refractivity contribution in [1.29, 1.82) is 0 Å². The largest absolute Gasteiger partial charge is 0.481 e. The number of Topliss-reactive ketones (excluding diaryl/α,β-unsaturated/α-hetero) is 1. The molecular formula is C7H12O5. The highest BCUT2D eigenvalue weighted by atomic mass is 16.4. The number of hydrogen-bond acceptors (Lipinski definition) is 3. The molecule has 0 amide bonds. The summed E-state index contributed by atoms with van der Waals surface area (Å²) in [6.45, 7) is 2.46. The standard InChI is InChI=1S/C5H8O3.C2H4O2/c1-4(6)2-3-5(7)8;1-2(3)4/h2-3H2,1H3,(H,7,8);1H3,(H,3,4). The Hall–Kier alpha value is -1.39. The number of rotatable bonds is 3. The molecule has 0 unspecified atom stereocenters. The average molecular weight is 176 g/mol. The molecule has 0 fully saturated rings. The Morgan fingerprint density at radius 1 is 1.00 bits per heavy atom. The lowest BCUT2D eigenvalue weighted by Gasteiger charge is -1.86. The van der Waals surface area contributed by atoms with E-state index < -0.39 is 11.9 Å². The van der Waals surface area contributed by atoms with E-state index in [1.807, 2.05) is 0 Å². The third-order valence-electron chi connectivity index (χ3n) is 0.691. The van der Waals surface area contributed by atoms with E-state index in [0.717, 1.165) is 6.92 Å². The highest BCUT2D eigenvalue weighted by Gasteiger charge is 1.97. The lowest BCUT2D eigenvalue weighted by molar-refractivity contribution is -0.138. The molecule has 2 N–H and O–H groups in total. The zero-order chi connectivity index (χ0) is 10.1. The molecule has 0 aliphatic carbocycles. The Bertz CT molecular complexity index is 155. The highest BCUT2D eigenvalue weighted by Crippen LogP contribution is 1.87. The number of hydrogen-bond donors (Lipinski definition) is 2. The van der Waals surface area contributed by atoms with Crippen LogP contribution in [0.5, 0.6) is 0 Å². The van der Waals surface area contributed by atoms with Crippen molar-refractivity contribution in [3.05, 3.63) is 0 Å². The minimum absolute atomic E-state index is 0.0463. The fourth-order valence-corrected chi connectivity index (χ4v) is 0.283. The molecule has 0 radical (unpaired) electrons. The molecule has 0 aromatic carbocycles. The first kappa shape index (κ1) is 13.2. The van der Waals surface area contributed by atoms with Crippen LogP contribution in [-0.4, -0.2) is 27.9 Å². The van der Waals surface area contributed by atoms with Crippen molar-refractivity contribution in [3.8, 4) is 0 Å². The van der Waals surface area contributed by atoms with Gasteiger partial charge >= 0.3 is 5.97 Å². The highest BCUT2D eigenvalue weighted by molar-refractivity contribution is 5.80. The van der Waals surface area contributed by atoms with E-state index in [0.29, 0.717) is 0 Å².